The van der Waals surface area contributed by atoms with E-state index in [1.807, 2.05) is 43.3 Å². The highest BCUT2D eigenvalue weighted by molar-refractivity contribution is 5.60. The van der Waals surface area contributed by atoms with Crippen molar-refractivity contribution in [2.75, 3.05) is 24.3 Å². The third-order valence-corrected chi connectivity index (χ3v) is 2.97. The number of pyridine rings is 1. The van der Waals surface area contributed by atoms with E-state index in [9.17, 15) is 0 Å². The van der Waals surface area contributed by atoms with Gasteiger partial charge in [0.1, 0.15) is 17.4 Å². The number of rotatable bonds is 6. The highest BCUT2D eigenvalue weighted by Crippen LogP contribution is 2.23. The van der Waals surface area contributed by atoms with Crippen molar-refractivity contribution in [3.8, 4) is 5.75 Å². The van der Waals surface area contributed by atoms with E-state index < -0.39 is 0 Å². The number of nitrogens with one attached hydrogen (secondary N) is 2. The van der Waals surface area contributed by atoms with Gasteiger partial charge in [0.2, 0.25) is 0 Å². The molecule has 0 aliphatic rings. The summed E-state index contributed by atoms with van der Waals surface area (Å²) in [7, 11) is 1.68. The monoisotopic (exact) mass is 271 g/mol. The number of hydrogen-bond acceptors (Lipinski definition) is 4. The van der Waals surface area contributed by atoms with Crippen molar-refractivity contribution in [3.05, 3.63) is 42.0 Å². The van der Waals surface area contributed by atoms with Gasteiger partial charge in [0.05, 0.1) is 7.11 Å². The fourth-order valence-electron chi connectivity index (χ4n) is 1.96. The predicted molar refractivity (Wildman–Crippen MR) is 84.0 cm³/mol. The molecule has 0 saturated heterocycles. The molecule has 0 aliphatic carbocycles. The molecule has 20 heavy (non-hydrogen) atoms. The van der Waals surface area contributed by atoms with Gasteiger partial charge in [-0.2, -0.15) is 0 Å². The van der Waals surface area contributed by atoms with E-state index >= 15 is 0 Å². The molecule has 106 valence electrons. The third kappa shape index (κ3) is 3.63. The first-order valence-electron chi connectivity index (χ1n) is 6.85. The zero-order valence-electron chi connectivity index (χ0n) is 12.2. The molecule has 4 nitrogen and oxygen atoms in total. The number of aromatic nitrogens is 1. The van der Waals surface area contributed by atoms with Crippen LogP contribution in [0, 0.1) is 6.92 Å². The van der Waals surface area contributed by atoms with Crippen molar-refractivity contribution in [1.29, 1.82) is 0 Å². The first-order chi connectivity index (χ1) is 9.72. The van der Waals surface area contributed by atoms with Crippen molar-refractivity contribution < 1.29 is 4.74 Å². The summed E-state index contributed by atoms with van der Waals surface area (Å²) < 4.78 is 5.26. The van der Waals surface area contributed by atoms with Gasteiger partial charge in [0.25, 0.3) is 0 Å². The standard InChI is InChI=1S/C16H21N3O/c1-4-10-17-15-6-5-7-16(19-15)18-13-8-9-14(20-3)12(2)11-13/h5-9,11H,4,10H2,1-3H3,(H2,17,18,19). The van der Waals surface area contributed by atoms with Crippen LogP contribution in [-0.4, -0.2) is 18.6 Å². The maximum atomic E-state index is 5.26. The highest BCUT2D eigenvalue weighted by Gasteiger charge is 2.02. The van der Waals surface area contributed by atoms with Crippen molar-refractivity contribution in [3.63, 3.8) is 0 Å². The second-order valence-electron chi connectivity index (χ2n) is 4.64. The molecule has 2 N–H and O–H groups in total. The van der Waals surface area contributed by atoms with Crippen molar-refractivity contribution in [2.45, 2.75) is 20.3 Å². The van der Waals surface area contributed by atoms with Crippen LogP contribution in [0.1, 0.15) is 18.9 Å². The molecule has 4 heteroatoms. The molecule has 0 radical (unpaired) electrons. The van der Waals surface area contributed by atoms with Crippen LogP contribution in [0.4, 0.5) is 17.3 Å². The van der Waals surface area contributed by atoms with Crippen LogP contribution in [0.25, 0.3) is 0 Å². The Bertz CT molecular complexity index is 569. The summed E-state index contributed by atoms with van der Waals surface area (Å²) in [6.45, 7) is 5.09. The maximum absolute atomic E-state index is 5.26. The lowest BCUT2D eigenvalue weighted by molar-refractivity contribution is 0.412. The largest absolute Gasteiger partial charge is 0.496 e. The maximum Gasteiger partial charge on any atom is 0.132 e. The van der Waals surface area contributed by atoms with Crippen LogP contribution in [0.3, 0.4) is 0 Å². The minimum absolute atomic E-state index is 0.829. The van der Waals surface area contributed by atoms with Gasteiger partial charge in [0.15, 0.2) is 0 Å². The summed E-state index contributed by atoms with van der Waals surface area (Å²) >= 11 is 0. The minimum atomic E-state index is 0.829. The van der Waals surface area contributed by atoms with E-state index in [-0.39, 0.29) is 0 Å². The summed E-state index contributed by atoms with van der Waals surface area (Å²) in [5, 5.41) is 6.59. The second-order valence-corrected chi connectivity index (χ2v) is 4.64. The number of aryl methyl sites for hydroxylation is 1. The Morgan fingerprint density at radius 3 is 2.65 bits per heavy atom. The number of hydrogen-bond donors (Lipinski definition) is 2. The van der Waals surface area contributed by atoms with Crippen LogP contribution in [0.2, 0.25) is 0 Å². The molecular formula is C16H21N3O. The van der Waals surface area contributed by atoms with Gasteiger partial charge in [-0.3, -0.25) is 0 Å². The molecule has 0 bridgehead atoms. The highest BCUT2D eigenvalue weighted by atomic mass is 16.5. The lowest BCUT2D eigenvalue weighted by Gasteiger charge is -2.10. The Morgan fingerprint density at radius 2 is 1.95 bits per heavy atom. The van der Waals surface area contributed by atoms with Crippen molar-refractivity contribution >= 4 is 17.3 Å². The van der Waals surface area contributed by atoms with E-state index in [1.54, 1.807) is 7.11 Å². The Hall–Kier alpha value is -2.23. The fourth-order valence-corrected chi connectivity index (χ4v) is 1.96. The van der Waals surface area contributed by atoms with E-state index in [2.05, 4.69) is 22.5 Å². The van der Waals surface area contributed by atoms with Crippen LogP contribution in [-0.2, 0) is 0 Å². The lowest BCUT2D eigenvalue weighted by atomic mass is 10.2. The van der Waals surface area contributed by atoms with Gasteiger partial charge in [-0.15, -0.1) is 0 Å². The smallest absolute Gasteiger partial charge is 0.132 e. The van der Waals surface area contributed by atoms with Gasteiger partial charge >= 0.3 is 0 Å². The van der Waals surface area contributed by atoms with Gasteiger partial charge in [-0.25, -0.2) is 4.98 Å². The first-order valence-corrected chi connectivity index (χ1v) is 6.85. The van der Waals surface area contributed by atoms with E-state index in [1.165, 1.54) is 0 Å². The molecule has 0 aliphatic heterocycles. The van der Waals surface area contributed by atoms with Crippen molar-refractivity contribution in [1.82, 2.24) is 4.98 Å². The summed E-state index contributed by atoms with van der Waals surface area (Å²) in [6, 6.07) is 11.9. The van der Waals surface area contributed by atoms with Crippen LogP contribution < -0.4 is 15.4 Å². The quantitative estimate of drug-likeness (QED) is 0.834. The lowest BCUT2D eigenvalue weighted by Crippen LogP contribution is -2.03. The molecule has 1 heterocycles. The molecular weight excluding hydrogens is 250 g/mol. The normalized spacial score (nSPS) is 10.2. The minimum Gasteiger partial charge on any atom is -0.496 e. The number of benzene rings is 1. The van der Waals surface area contributed by atoms with Gasteiger partial charge < -0.3 is 15.4 Å². The molecule has 0 saturated carbocycles. The van der Waals surface area contributed by atoms with Crippen molar-refractivity contribution in [2.24, 2.45) is 0 Å². The molecule has 1 aromatic carbocycles. The summed E-state index contributed by atoms with van der Waals surface area (Å²) in [4.78, 5) is 4.52. The molecule has 0 atom stereocenters. The van der Waals surface area contributed by atoms with E-state index in [0.717, 1.165) is 41.6 Å². The number of nitrogens with zero attached hydrogens (tertiary/aromatic N) is 1. The first kappa shape index (κ1) is 14.2. The summed E-state index contributed by atoms with van der Waals surface area (Å²) in [5.41, 5.74) is 2.10. The molecule has 2 rings (SSSR count). The number of methoxy groups -OCH3 is 1. The fraction of sp³-hybridized carbons (Fsp3) is 0.312. The Balaban J connectivity index is 2.11. The average molecular weight is 271 g/mol. The zero-order valence-corrected chi connectivity index (χ0v) is 12.2. The molecule has 1 aromatic heterocycles. The third-order valence-electron chi connectivity index (χ3n) is 2.97. The SMILES string of the molecule is CCCNc1cccc(Nc2ccc(OC)c(C)c2)n1. The molecule has 0 unspecified atom stereocenters. The van der Waals surface area contributed by atoms with Gasteiger partial charge in [-0.1, -0.05) is 13.0 Å². The topological polar surface area (TPSA) is 46.2 Å². The zero-order chi connectivity index (χ0) is 14.4. The molecule has 0 fully saturated rings. The Kier molecular flexibility index (Phi) is 4.82. The van der Waals surface area contributed by atoms with Crippen LogP contribution >= 0.6 is 0 Å². The Morgan fingerprint density at radius 1 is 1.15 bits per heavy atom. The summed E-state index contributed by atoms with van der Waals surface area (Å²) in [5.74, 6) is 2.61. The van der Waals surface area contributed by atoms with Crippen LogP contribution in [0.15, 0.2) is 36.4 Å². The molecule has 2 aromatic rings. The van der Waals surface area contributed by atoms with Crippen LogP contribution in [0.5, 0.6) is 5.75 Å². The Labute approximate surface area is 120 Å². The average Bonchev–Trinajstić information content (AvgIpc) is 2.46. The number of anilines is 3. The number of ether oxygens (including phenoxy) is 1. The second kappa shape index (κ2) is 6.80. The van der Waals surface area contributed by atoms with Gasteiger partial charge in [0, 0.05) is 12.2 Å². The van der Waals surface area contributed by atoms with E-state index in [4.69, 9.17) is 4.74 Å². The van der Waals surface area contributed by atoms with Gasteiger partial charge in [-0.05, 0) is 49.2 Å². The summed E-state index contributed by atoms with van der Waals surface area (Å²) in [6.07, 6.45) is 1.08. The predicted octanol–water partition coefficient (Wildman–Crippen LogP) is 3.96. The molecule has 0 spiro atoms. The molecule has 0 amide bonds. The van der Waals surface area contributed by atoms with E-state index in [0.29, 0.717) is 0 Å².